The molecule has 0 saturated heterocycles. The maximum atomic E-state index is 10.8. The predicted molar refractivity (Wildman–Crippen MR) is 38.5 cm³/mol. The van der Waals surface area contributed by atoms with Crippen molar-refractivity contribution in [2.24, 2.45) is 5.92 Å². The number of hydrogen-bond donors (Lipinski definition) is 1. The molecule has 0 aliphatic carbocycles. The number of carbonyl (C=O) groups excluding carboxylic acids is 2. The normalized spacial score (nSPS) is 12.3. The van der Waals surface area contributed by atoms with Gasteiger partial charge in [-0.1, -0.05) is 6.92 Å². The van der Waals surface area contributed by atoms with Gasteiger partial charge in [-0.2, -0.15) is 0 Å². The van der Waals surface area contributed by atoms with Gasteiger partial charge in [0.2, 0.25) is 5.91 Å². The second-order valence-corrected chi connectivity index (χ2v) is 2.42. The topological polar surface area (TPSA) is 46.2 Å². The predicted octanol–water partition coefficient (Wildman–Crippen LogP) is 0.348. The Morgan fingerprint density at radius 3 is 2.30 bits per heavy atom. The highest BCUT2D eigenvalue weighted by molar-refractivity contribution is 5.85. The number of carbonyl (C=O) groups is 2. The molecule has 1 amide bonds. The standard InChI is InChI=1S/C7H13NO2/c1-5(4-6(2)9)7(10)8-3/h5H,4H2,1-3H3,(H,8,10)/t5-/m1/s1. The molecule has 0 radical (unpaired) electrons. The van der Waals surface area contributed by atoms with E-state index in [0.29, 0.717) is 6.42 Å². The summed E-state index contributed by atoms with van der Waals surface area (Å²) in [5.41, 5.74) is 0. The maximum Gasteiger partial charge on any atom is 0.223 e. The molecule has 3 heteroatoms. The summed E-state index contributed by atoms with van der Waals surface area (Å²) >= 11 is 0. The van der Waals surface area contributed by atoms with E-state index in [1.54, 1.807) is 14.0 Å². The van der Waals surface area contributed by atoms with Crippen molar-refractivity contribution in [2.75, 3.05) is 7.05 Å². The van der Waals surface area contributed by atoms with Gasteiger partial charge in [0.1, 0.15) is 5.78 Å². The van der Waals surface area contributed by atoms with Crippen molar-refractivity contribution in [1.82, 2.24) is 5.32 Å². The number of hydrogen-bond acceptors (Lipinski definition) is 2. The first kappa shape index (κ1) is 9.14. The van der Waals surface area contributed by atoms with Gasteiger partial charge in [-0.3, -0.25) is 4.79 Å². The smallest absolute Gasteiger partial charge is 0.223 e. The van der Waals surface area contributed by atoms with E-state index in [-0.39, 0.29) is 17.6 Å². The van der Waals surface area contributed by atoms with Gasteiger partial charge in [-0.25, -0.2) is 0 Å². The van der Waals surface area contributed by atoms with Crippen LogP contribution in [0.1, 0.15) is 20.3 Å². The van der Waals surface area contributed by atoms with Crippen molar-refractivity contribution in [3.05, 3.63) is 0 Å². The minimum atomic E-state index is -0.192. The lowest BCUT2D eigenvalue weighted by Crippen LogP contribution is -2.26. The number of rotatable bonds is 3. The second-order valence-electron chi connectivity index (χ2n) is 2.42. The van der Waals surface area contributed by atoms with E-state index in [0.717, 1.165) is 0 Å². The molecule has 0 aliphatic heterocycles. The van der Waals surface area contributed by atoms with Crippen LogP contribution in [0, 0.1) is 5.92 Å². The zero-order valence-corrected chi connectivity index (χ0v) is 6.60. The molecular weight excluding hydrogens is 130 g/mol. The van der Waals surface area contributed by atoms with E-state index in [1.165, 1.54) is 6.92 Å². The summed E-state index contributed by atoms with van der Waals surface area (Å²) in [7, 11) is 1.57. The fourth-order valence-corrected chi connectivity index (χ4v) is 0.770. The average Bonchev–Trinajstić information content (AvgIpc) is 1.85. The zero-order chi connectivity index (χ0) is 8.15. The van der Waals surface area contributed by atoms with Gasteiger partial charge in [0.25, 0.3) is 0 Å². The fraction of sp³-hybridized carbons (Fsp3) is 0.714. The molecule has 0 spiro atoms. The first-order chi connectivity index (χ1) is 4.57. The summed E-state index contributed by atoms with van der Waals surface area (Å²) in [5.74, 6) is -0.214. The van der Waals surface area contributed by atoms with Gasteiger partial charge >= 0.3 is 0 Å². The molecule has 0 heterocycles. The van der Waals surface area contributed by atoms with Gasteiger partial charge in [0.15, 0.2) is 0 Å². The Hall–Kier alpha value is -0.860. The Kier molecular flexibility index (Phi) is 3.69. The summed E-state index contributed by atoms with van der Waals surface area (Å²) in [6, 6.07) is 0. The second kappa shape index (κ2) is 4.04. The maximum absolute atomic E-state index is 10.8. The van der Waals surface area contributed by atoms with Crippen molar-refractivity contribution in [2.45, 2.75) is 20.3 Å². The molecule has 0 aliphatic rings. The van der Waals surface area contributed by atoms with Crippen LogP contribution in [0.2, 0.25) is 0 Å². The molecular formula is C7H13NO2. The van der Waals surface area contributed by atoms with Gasteiger partial charge in [-0.05, 0) is 6.92 Å². The van der Waals surface area contributed by atoms with E-state index in [2.05, 4.69) is 5.32 Å². The lowest BCUT2D eigenvalue weighted by Gasteiger charge is -2.05. The third-order valence-electron chi connectivity index (χ3n) is 1.29. The molecule has 0 aromatic carbocycles. The molecule has 0 saturated carbocycles. The Morgan fingerprint density at radius 2 is 2.00 bits per heavy atom. The summed E-state index contributed by atoms with van der Waals surface area (Å²) in [6.45, 7) is 3.22. The van der Waals surface area contributed by atoms with Gasteiger partial charge in [0.05, 0.1) is 0 Å². The first-order valence-electron chi connectivity index (χ1n) is 3.29. The van der Waals surface area contributed by atoms with E-state index in [4.69, 9.17) is 0 Å². The fourth-order valence-electron chi connectivity index (χ4n) is 0.770. The van der Waals surface area contributed by atoms with E-state index >= 15 is 0 Å². The van der Waals surface area contributed by atoms with Crippen molar-refractivity contribution in [3.63, 3.8) is 0 Å². The van der Waals surface area contributed by atoms with Crippen molar-refractivity contribution < 1.29 is 9.59 Å². The van der Waals surface area contributed by atoms with Crippen molar-refractivity contribution in [3.8, 4) is 0 Å². The van der Waals surface area contributed by atoms with Crippen LogP contribution in [0.3, 0.4) is 0 Å². The summed E-state index contributed by atoms with van der Waals surface area (Å²) in [5, 5.41) is 2.48. The molecule has 58 valence electrons. The molecule has 3 nitrogen and oxygen atoms in total. The largest absolute Gasteiger partial charge is 0.359 e. The van der Waals surface area contributed by atoms with Crippen molar-refractivity contribution >= 4 is 11.7 Å². The molecule has 1 atom stereocenters. The Balaban J connectivity index is 3.72. The molecule has 0 rings (SSSR count). The molecule has 0 aromatic heterocycles. The van der Waals surface area contributed by atoms with Crippen LogP contribution >= 0.6 is 0 Å². The van der Waals surface area contributed by atoms with E-state index in [9.17, 15) is 9.59 Å². The summed E-state index contributed by atoms with van der Waals surface area (Å²) in [4.78, 5) is 21.3. The lowest BCUT2D eigenvalue weighted by molar-refractivity contribution is -0.127. The monoisotopic (exact) mass is 143 g/mol. The van der Waals surface area contributed by atoms with Gasteiger partial charge in [0, 0.05) is 19.4 Å². The van der Waals surface area contributed by atoms with Crippen molar-refractivity contribution in [1.29, 1.82) is 0 Å². The van der Waals surface area contributed by atoms with Gasteiger partial charge in [-0.15, -0.1) is 0 Å². The molecule has 0 unspecified atom stereocenters. The quantitative estimate of drug-likeness (QED) is 0.619. The highest BCUT2D eigenvalue weighted by Crippen LogP contribution is 2.00. The number of ketones is 1. The first-order valence-corrected chi connectivity index (χ1v) is 3.29. The number of nitrogens with one attached hydrogen (secondary N) is 1. The molecule has 1 N–H and O–H groups in total. The molecule has 0 aromatic rings. The van der Waals surface area contributed by atoms with Crippen LogP contribution in [-0.2, 0) is 9.59 Å². The minimum Gasteiger partial charge on any atom is -0.359 e. The zero-order valence-electron chi connectivity index (χ0n) is 6.60. The number of amides is 1. The SMILES string of the molecule is CNC(=O)[C@H](C)CC(C)=O. The van der Waals surface area contributed by atoms with Gasteiger partial charge < -0.3 is 10.1 Å². The summed E-state index contributed by atoms with van der Waals surface area (Å²) in [6.07, 6.45) is 0.333. The average molecular weight is 143 g/mol. The van der Waals surface area contributed by atoms with Crippen LogP contribution in [0.25, 0.3) is 0 Å². The Morgan fingerprint density at radius 1 is 1.50 bits per heavy atom. The molecule has 0 fully saturated rings. The van der Waals surface area contributed by atoms with Crippen LogP contribution in [0.4, 0.5) is 0 Å². The Bertz CT molecular complexity index is 143. The van der Waals surface area contributed by atoms with Crippen LogP contribution < -0.4 is 5.32 Å². The van der Waals surface area contributed by atoms with E-state index in [1.807, 2.05) is 0 Å². The summed E-state index contributed by atoms with van der Waals surface area (Å²) < 4.78 is 0. The highest BCUT2D eigenvalue weighted by Gasteiger charge is 2.11. The lowest BCUT2D eigenvalue weighted by atomic mass is 10.1. The highest BCUT2D eigenvalue weighted by atomic mass is 16.2. The third-order valence-corrected chi connectivity index (χ3v) is 1.29. The van der Waals surface area contributed by atoms with Crippen LogP contribution in [0.15, 0.2) is 0 Å². The number of Topliss-reactive ketones (excluding diaryl/α,β-unsaturated/α-hetero) is 1. The third kappa shape index (κ3) is 3.22. The van der Waals surface area contributed by atoms with Crippen LogP contribution in [0.5, 0.6) is 0 Å². The molecule has 0 bridgehead atoms. The Labute approximate surface area is 60.8 Å². The molecule has 10 heavy (non-hydrogen) atoms. The van der Waals surface area contributed by atoms with Crippen LogP contribution in [-0.4, -0.2) is 18.7 Å². The minimum absolute atomic E-state index is 0.0519. The van der Waals surface area contributed by atoms with E-state index < -0.39 is 0 Å².